The average molecular weight is 460 g/mol. The Morgan fingerprint density at radius 1 is 1.09 bits per heavy atom. The number of ether oxygens (including phenoxy) is 1. The molecule has 12 heteroatoms. The van der Waals surface area contributed by atoms with E-state index in [0.29, 0.717) is 41.0 Å². The smallest absolute Gasteiger partial charge is 0.316 e. The molecular weight excluding hydrogens is 440 g/mol. The SMILES string of the molecule is COc1ncc(Nc2nccc(-c3cccc(-c4cc(C5(O)CCN(C)C5=O)on4)n3)n2)cn1. The minimum Gasteiger partial charge on any atom is -0.467 e. The summed E-state index contributed by atoms with van der Waals surface area (Å²) >= 11 is 0. The maximum absolute atomic E-state index is 12.3. The molecular formula is C22H20N8O4. The van der Waals surface area contributed by atoms with Gasteiger partial charge in [-0.3, -0.25) is 4.79 Å². The zero-order chi connectivity index (χ0) is 23.7. The quantitative estimate of drug-likeness (QED) is 0.433. The van der Waals surface area contributed by atoms with Crippen LogP contribution in [0.25, 0.3) is 22.8 Å². The lowest BCUT2D eigenvalue weighted by Gasteiger charge is -2.16. The fourth-order valence-electron chi connectivity index (χ4n) is 3.57. The Morgan fingerprint density at radius 2 is 1.82 bits per heavy atom. The molecule has 12 nitrogen and oxygen atoms in total. The van der Waals surface area contributed by atoms with Crippen LogP contribution in [0.5, 0.6) is 6.01 Å². The van der Waals surface area contributed by atoms with Crippen molar-refractivity contribution in [2.75, 3.05) is 26.0 Å². The van der Waals surface area contributed by atoms with Gasteiger partial charge in [0.1, 0.15) is 5.69 Å². The lowest BCUT2D eigenvalue weighted by Crippen LogP contribution is -2.35. The summed E-state index contributed by atoms with van der Waals surface area (Å²) in [6, 6.07) is 8.89. The van der Waals surface area contributed by atoms with E-state index in [4.69, 9.17) is 9.26 Å². The van der Waals surface area contributed by atoms with E-state index in [1.165, 1.54) is 12.0 Å². The van der Waals surface area contributed by atoms with Crippen molar-refractivity contribution in [3.05, 3.63) is 54.7 Å². The maximum Gasteiger partial charge on any atom is 0.316 e. The van der Waals surface area contributed by atoms with Gasteiger partial charge in [-0.1, -0.05) is 11.2 Å². The number of pyridine rings is 1. The molecule has 1 atom stereocenters. The Balaban J connectivity index is 1.39. The molecule has 1 fully saturated rings. The van der Waals surface area contributed by atoms with Crippen molar-refractivity contribution in [1.82, 2.24) is 35.0 Å². The first kappa shape index (κ1) is 21.4. The molecule has 0 aliphatic carbocycles. The van der Waals surface area contributed by atoms with Crippen molar-refractivity contribution in [3.8, 4) is 28.8 Å². The van der Waals surface area contributed by atoms with Gasteiger partial charge in [-0.15, -0.1) is 0 Å². The van der Waals surface area contributed by atoms with E-state index in [9.17, 15) is 9.90 Å². The van der Waals surface area contributed by atoms with Gasteiger partial charge >= 0.3 is 6.01 Å². The third-order valence-corrected chi connectivity index (χ3v) is 5.42. The minimum atomic E-state index is -1.71. The van der Waals surface area contributed by atoms with Crippen LogP contribution in [0.2, 0.25) is 0 Å². The van der Waals surface area contributed by atoms with Gasteiger partial charge in [0, 0.05) is 32.3 Å². The number of amides is 1. The van der Waals surface area contributed by atoms with Crippen LogP contribution >= 0.6 is 0 Å². The maximum atomic E-state index is 12.3. The number of aromatic nitrogens is 6. The Morgan fingerprint density at radius 3 is 2.53 bits per heavy atom. The van der Waals surface area contributed by atoms with Crippen LogP contribution in [0.15, 0.2) is 53.4 Å². The molecule has 0 aromatic carbocycles. The number of rotatable bonds is 6. The minimum absolute atomic E-state index is 0.0966. The van der Waals surface area contributed by atoms with Crippen molar-refractivity contribution in [1.29, 1.82) is 0 Å². The van der Waals surface area contributed by atoms with Gasteiger partial charge in [0.25, 0.3) is 5.91 Å². The fraction of sp³-hybridized carbons (Fsp3) is 0.227. The van der Waals surface area contributed by atoms with Crippen molar-refractivity contribution in [2.45, 2.75) is 12.0 Å². The highest BCUT2D eigenvalue weighted by atomic mass is 16.5. The van der Waals surface area contributed by atoms with E-state index >= 15 is 0 Å². The van der Waals surface area contributed by atoms with Gasteiger partial charge in [0.15, 0.2) is 5.76 Å². The number of likely N-dealkylation sites (tertiary alicyclic amines) is 1. The lowest BCUT2D eigenvalue weighted by atomic mass is 9.98. The van der Waals surface area contributed by atoms with Crippen LogP contribution in [0.3, 0.4) is 0 Å². The normalized spacial score (nSPS) is 17.7. The highest BCUT2D eigenvalue weighted by Gasteiger charge is 2.48. The van der Waals surface area contributed by atoms with Crippen LogP contribution in [0.1, 0.15) is 12.2 Å². The van der Waals surface area contributed by atoms with E-state index in [1.807, 2.05) is 6.07 Å². The molecule has 0 bridgehead atoms. The zero-order valence-electron chi connectivity index (χ0n) is 18.3. The highest BCUT2D eigenvalue weighted by molar-refractivity contribution is 5.87. The summed E-state index contributed by atoms with van der Waals surface area (Å²) in [6.45, 7) is 0.436. The summed E-state index contributed by atoms with van der Waals surface area (Å²) < 4.78 is 10.3. The monoisotopic (exact) mass is 460 g/mol. The molecule has 1 aliphatic rings. The van der Waals surface area contributed by atoms with Crippen LogP contribution in [-0.2, 0) is 10.4 Å². The third-order valence-electron chi connectivity index (χ3n) is 5.42. The number of nitrogens with one attached hydrogen (secondary N) is 1. The summed E-state index contributed by atoms with van der Waals surface area (Å²) in [5, 5.41) is 17.8. The van der Waals surface area contributed by atoms with Crippen molar-refractivity contribution in [2.24, 2.45) is 0 Å². The van der Waals surface area contributed by atoms with Gasteiger partial charge < -0.3 is 24.6 Å². The Labute approximate surface area is 193 Å². The molecule has 0 radical (unpaired) electrons. The highest BCUT2D eigenvalue weighted by Crippen LogP contribution is 2.34. The van der Waals surface area contributed by atoms with Crippen LogP contribution in [0, 0.1) is 0 Å². The Kier molecular flexibility index (Phi) is 5.34. The van der Waals surface area contributed by atoms with E-state index in [0.717, 1.165) is 0 Å². The second kappa shape index (κ2) is 8.48. The summed E-state index contributed by atoms with van der Waals surface area (Å²) in [6.07, 6.45) is 4.96. The average Bonchev–Trinajstić information content (AvgIpc) is 3.47. The standard InChI is InChI=1S/C22H20N8O4/c1-30-9-7-22(32,19(30)31)18-10-17(29-34-18)15-5-3-4-14(27-15)16-6-8-23-20(28-16)26-13-11-24-21(33-2)25-12-13/h3-6,8,10-12,32H,7,9H2,1-2H3,(H,23,26,28). The van der Waals surface area contributed by atoms with E-state index in [2.05, 4.69) is 35.4 Å². The Bertz CT molecular complexity index is 1340. The molecule has 34 heavy (non-hydrogen) atoms. The summed E-state index contributed by atoms with van der Waals surface area (Å²) in [5.41, 5.74) is 0.940. The van der Waals surface area contributed by atoms with Crippen LogP contribution < -0.4 is 10.1 Å². The Hall–Kier alpha value is -4.45. The first-order valence-electron chi connectivity index (χ1n) is 10.4. The van der Waals surface area contributed by atoms with E-state index in [1.54, 1.807) is 49.9 Å². The number of hydrogen-bond acceptors (Lipinski definition) is 11. The molecule has 1 unspecified atom stereocenters. The van der Waals surface area contributed by atoms with Crippen molar-refractivity contribution >= 4 is 17.5 Å². The number of methoxy groups -OCH3 is 1. The molecule has 0 saturated carbocycles. The number of carbonyl (C=O) groups is 1. The molecule has 0 spiro atoms. The number of anilines is 2. The van der Waals surface area contributed by atoms with Crippen LogP contribution in [0.4, 0.5) is 11.6 Å². The molecule has 172 valence electrons. The van der Waals surface area contributed by atoms with Gasteiger partial charge in [0.05, 0.1) is 42.3 Å². The molecule has 4 aromatic rings. The largest absolute Gasteiger partial charge is 0.467 e. The fourth-order valence-corrected chi connectivity index (χ4v) is 3.57. The molecule has 5 heterocycles. The van der Waals surface area contributed by atoms with Crippen molar-refractivity contribution in [3.63, 3.8) is 0 Å². The first-order valence-corrected chi connectivity index (χ1v) is 10.4. The summed E-state index contributed by atoms with van der Waals surface area (Å²) in [7, 11) is 3.12. The van der Waals surface area contributed by atoms with Gasteiger partial charge in [0.2, 0.25) is 11.5 Å². The summed E-state index contributed by atoms with van der Waals surface area (Å²) in [4.78, 5) is 35.2. The molecule has 1 aliphatic heterocycles. The van der Waals surface area contributed by atoms with Gasteiger partial charge in [-0.25, -0.2) is 24.9 Å². The zero-order valence-corrected chi connectivity index (χ0v) is 18.3. The lowest BCUT2D eigenvalue weighted by molar-refractivity contribution is -0.144. The number of nitrogens with zero attached hydrogens (tertiary/aromatic N) is 7. The van der Waals surface area contributed by atoms with Crippen LogP contribution in [-0.4, -0.2) is 66.7 Å². The predicted octanol–water partition coefficient (Wildman–Crippen LogP) is 1.79. The van der Waals surface area contributed by atoms with E-state index in [-0.39, 0.29) is 18.2 Å². The second-order valence-electron chi connectivity index (χ2n) is 7.67. The third kappa shape index (κ3) is 3.90. The summed E-state index contributed by atoms with van der Waals surface area (Å²) in [5.74, 6) is 0.0211. The molecule has 1 amide bonds. The van der Waals surface area contributed by atoms with Crippen molar-refractivity contribution < 1.29 is 19.2 Å². The first-order chi connectivity index (χ1) is 16.5. The second-order valence-corrected chi connectivity index (χ2v) is 7.67. The molecule has 5 rings (SSSR count). The van der Waals surface area contributed by atoms with Gasteiger partial charge in [-0.05, 0) is 18.2 Å². The molecule has 1 saturated heterocycles. The number of likely N-dealkylation sites (N-methyl/N-ethyl adjacent to an activating group) is 1. The number of hydrogen-bond donors (Lipinski definition) is 2. The van der Waals surface area contributed by atoms with Gasteiger partial charge in [-0.2, -0.15) is 0 Å². The molecule has 4 aromatic heterocycles. The van der Waals surface area contributed by atoms with E-state index < -0.39 is 11.5 Å². The topological polar surface area (TPSA) is 152 Å². The molecule has 2 N–H and O–H groups in total. The number of aliphatic hydroxyl groups is 1. The number of carbonyl (C=O) groups excluding carboxylic acids is 1. The predicted molar refractivity (Wildman–Crippen MR) is 119 cm³/mol.